The van der Waals surface area contributed by atoms with Gasteiger partial charge in [0.05, 0.1) is 6.33 Å². The average molecular weight is 233 g/mol. The zero-order valence-corrected chi connectivity index (χ0v) is 9.30. The molecule has 2 rings (SSSR count). The summed E-state index contributed by atoms with van der Waals surface area (Å²) in [5.41, 5.74) is 0.573. The van der Waals surface area contributed by atoms with Crippen molar-refractivity contribution in [1.29, 1.82) is 0 Å². The Labute approximate surface area is 98.1 Å². The van der Waals surface area contributed by atoms with Crippen LogP contribution in [-0.2, 0) is 4.79 Å². The Morgan fingerprint density at radius 2 is 2.12 bits per heavy atom. The van der Waals surface area contributed by atoms with Crippen LogP contribution in [0.2, 0.25) is 0 Å². The zero-order chi connectivity index (χ0) is 12.3. The number of benzene rings is 1. The van der Waals surface area contributed by atoms with E-state index in [-0.39, 0.29) is 17.8 Å². The van der Waals surface area contributed by atoms with Crippen LogP contribution in [0.15, 0.2) is 43.0 Å². The fourth-order valence-electron chi connectivity index (χ4n) is 1.41. The molecule has 5 heteroatoms. The first-order valence-electron chi connectivity index (χ1n) is 5.20. The van der Waals surface area contributed by atoms with Crippen LogP contribution in [0, 0.1) is 5.82 Å². The third kappa shape index (κ3) is 2.69. The molecule has 1 aromatic heterocycles. The maximum Gasteiger partial charge on any atom is 0.247 e. The molecule has 0 aliphatic rings. The first-order valence-corrected chi connectivity index (χ1v) is 5.20. The molecular formula is C12H12FN3O. The van der Waals surface area contributed by atoms with Crippen molar-refractivity contribution in [2.75, 3.05) is 5.32 Å². The quantitative estimate of drug-likeness (QED) is 0.883. The number of carbonyl (C=O) groups excluding carboxylic acids is 1. The van der Waals surface area contributed by atoms with Gasteiger partial charge in [0.25, 0.3) is 0 Å². The summed E-state index contributed by atoms with van der Waals surface area (Å²) in [6.45, 7) is 1.76. The number of hydrogen-bond acceptors (Lipinski definition) is 2. The maximum atomic E-state index is 12.7. The zero-order valence-electron chi connectivity index (χ0n) is 9.30. The first-order chi connectivity index (χ1) is 8.16. The van der Waals surface area contributed by atoms with E-state index in [4.69, 9.17) is 0 Å². The van der Waals surface area contributed by atoms with Crippen LogP contribution in [0.1, 0.15) is 13.0 Å². The molecule has 1 amide bonds. The average Bonchev–Trinajstić information content (AvgIpc) is 2.84. The van der Waals surface area contributed by atoms with Crippen LogP contribution in [-0.4, -0.2) is 15.5 Å². The Kier molecular flexibility index (Phi) is 3.18. The summed E-state index contributed by atoms with van der Waals surface area (Å²) in [5, 5.41) is 2.70. The molecule has 0 radical (unpaired) electrons. The monoisotopic (exact) mass is 233 g/mol. The molecule has 1 heterocycles. The second-order valence-corrected chi connectivity index (χ2v) is 3.68. The normalized spacial score (nSPS) is 12.1. The van der Waals surface area contributed by atoms with Crippen LogP contribution in [0.25, 0.3) is 0 Å². The van der Waals surface area contributed by atoms with Gasteiger partial charge < -0.3 is 9.88 Å². The molecule has 0 bridgehead atoms. The van der Waals surface area contributed by atoms with Gasteiger partial charge in [0.15, 0.2) is 0 Å². The van der Waals surface area contributed by atoms with Crippen molar-refractivity contribution in [3.63, 3.8) is 0 Å². The highest BCUT2D eigenvalue weighted by molar-refractivity contribution is 5.93. The number of nitrogens with zero attached hydrogens (tertiary/aromatic N) is 2. The van der Waals surface area contributed by atoms with Gasteiger partial charge in [-0.25, -0.2) is 9.37 Å². The molecule has 0 aliphatic heterocycles. The number of anilines is 1. The molecule has 0 saturated heterocycles. The summed E-state index contributed by atoms with van der Waals surface area (Å²) < 4.78 is 14.4. The lowest BCUT2D eigenvalue weighted by Crippen LogP contribution is -2.22. The Bertz CT molecular complexity index is 493. The van der Waals surface area contributed by atoms with Crippen LogP contribution >= 0.6 is 0 Å². The predicted octanol–water partition coefficient (Wildman–Crippen LogP) is 2.22. The van der Waals surface area contributed by atoms with Crippen molar-refractivity contribution >= 4 is 11.6 Å². The van der Waals surface area contributed by atoms with E-state index in [0.717, 1.165) is 0 Å². The minimum absolute atomic E-state index is 0.172. The Balaban J connectivity index is 2.04. The summed E-state index contributed by atoms with van der Waals surface area (Å²) in [6.07, 6.45) is 4.91. The van der Waals surface area contributed by atoms with Gasteiger partial charge >= 0.3 is 0 Å². The third-order valence-electron chi connectivity index (χ3n) is 2.46. The topological polar surface area (TPSA) is 46.9 Å². The van der Waals surface area contributed by atoms with Gasteiger partial charge in [-0.15, -0.1) is 0 Å². The summed E-state index contributed by atoms with van der Waals surface area (Å²) >= 11 is 0. The summed E-state index contributed by atoms with van der Waals surface area (Å²) in [7, 11) is 0. The van der Waals surface area contributed by atoms with Gasteiger partial charge in [-0.1, -0.05) is 0 Å². The number of amides is 1. The Hall–Kier alpha value is -2.17. The van der Waals surface area contributed by atoms with E-state index in [9.17, 15) is 9.18 Å². The minimum atomic E-state index is -0.359. The second-order valence-electron chi connectivity index (χ2n) is 3.68. The van der Waals surface area contributed by atoms with E-state index < -0.39 is 0 Å². The molecule has 88 valence electrons. The molecular weight excluding hydrogens is 221 g/mol. The number of nitrogens with one attached hydrogen (secondary N) is 1. The Morgan fingerprint density at radius 3 is 2.71 bits per heavy atom. The largest absolute Gasteiger partial charge is 0.325 e. The summed E-state index contributed by atoms with van der Waals surface area (Å²) in [4.78, 5) is 15.7. The highest BCUT2D eigenvalue weighted by Gasteiger charge is 2.13. The number of aromatic nitrogens is 2. The van der Waals surface area contributed by atoms with Gasteiger partial charge in [0.2, 0.25) is 5.91 Å². The fraction of sp³-hybridized carbons (Fsp3) is 0.167. The number of hydrogen-bond donors (Lipinski definition) is 1. The van der Waals surface area contributed by atoms with E-state index in [1.807, 2.05) is 0 Å². The van der Waals surface area contributed by atoms with E-state index in [1.165, 1.54) is 24.3 Å². The lowest BCUT2D eigenvalue weighted by Gasteiger charge is -2.13. The Morgan fingerprint density at radius 1 is 1.41 bits per heavy atom. The lowest BCUT2D eigenvalue weighted by molar-refractivity contribution is -0.118. The highest BCUT2D eigenvalue weighted by atomic mass is 19.1. The van der Waals surface area contributed by atoms with Crippen molar-refractivity contribution in [3.05, 3.63) is 48.8 Å². The van der Waals surface area contributed by atoms with E-state index in [2.05, 4.69) is 10.3 Å². The molecule has 2 aromatic rings. The smallest absolute Gasteiger partial charge is 0.247 e. The molecule has 0 saturated carbocycles. The van der Waals surface area contributed by atoms with Gasteiger partial charge in [0.1, 0.15) is 11.9 Å². The van der Waals surface area contributed by atoms with Crippen LogP contribution in [0.3, 0.4) is 0 Å². The number of imidazole rings is 1. The van der Waals surface area contributed by atoms with E-state index >= 15 is 0 Å². The lowest BCUT2D eigenvalue weighted by atomic mass is 10.2. The first kappa shape index (κ1) is 11.3. The minimum Gasteiger partial charge on any atom is -0.325 e. The molecule has 0 spiro atoms. The number of halogens is 1. The third-order valence-corrected chi connectivity index (χ3v) is 2.46. The van der Waals surface area contributed by atoms with Crippen LogP contribution < -0.4 is 5.32 Å². The molecule has 17 heavy (non-hydrogen) atoms. The maximum absolute atomic E-state index is 12.7. The second kappa shape index (κ2) is 4.78. The summed E-state index contributed by atoms with van der Waals surface area (Å²) in [5.74, 6) is -0.500. The number of carbonyl (C=O) groups is 1. The van der Waals surface area contributed by atoms with Crippen molar-refractivity contribution in [3.8, 4) is 0 Å². The van der Waals surface area contributed by atoms with Crippen LogP contribution in [0.4, 0.5) is 10.1 Å². The van der Waals surface area contributed by atoms with Gasteiger partial charge in [0, 0.05) is 18.1 Å². The standard InChI is InChI=1S/C12H12FN3O/c1-9(16-7-6-14-8-16)12(17)15-11-4-2-10(13)3-5-11/h2-9H,1H3,(H,15,17). The molecule has 1 atom stereocenters. The van der Waals surface area contributed by atoms with E-state index in [0.29, 0.717) is 5.69 Å². The highest BCUT2D eigenvalue weighted by Crippen LogP contribution is 2.12. The molecule has 1 unspecified atom stereocenters. The number of rotatable bonds is 3. The predicted molar refractivity (Wildman–Crippen MR) is 62.0 cm³/mol. The summed E-state index contributed by atoms with van der Waals surface area (Å²) in [6, 6.07) is 5.29. The fourth-order valence-corrected chi connectivity index (χ4v) is 1.41. The van der Waals surface area contributed by atoms with Gasteiger partial charge in [-0.2, -0.15) is 0 Å². The van der Waals surface area contributed by atoms with Crippen molar-refractivity contribution in [2.24, 2.45) is 0 Å². The molecule has 1 N–H and O–H groups in total. The van der Waals surface area contributed by atoms with Gasteiger partial charge in [-0.05, 0) is 31.2 Å². The van der Waals surface area contributed by atoms with Gasteiger partial charge in [-0.3, -0.25) is 4.79 Å². The van der Waals surface area contributed by atoms with Crippen LogP contribution in [0.5, 0.6) is 0 Å². The molecule has 0 aliphatic carbocycles. The van der Waals surface area contributed by atoms with Crippen molar-refractivity contribution in [2.45, 2.75) is 13.0 Å². The molecule has 1 aromatic carbocycles. The van der Waals surface area contributed by atoms with E-state index in [1.54, 1.807) is 30.2 Å². The molecule has 4 nitrogen and oxygen atoms in total. The van der Waals surface area contributed by atoms with Crippen molar-refractivity contribution in [1.82, 2.24) is 9.55 Å². The SMILES string of the molecule is CC(C(=O)Nc1ccc(F)cc1)n1ccnc1. The van der Waals surface area contributed by atoms with Crippen molar-refractivity contribution < 1.29 is 9.18 Å². The molecule has 0 fully saturated rings.